The molecule has 3 nitrogen and oxygen atoms in total. The first-order valence-electron chi connectivity index (χ1n) is 11.5. The van der Waals surface area contributed by atoms with Gasteiger partial charge in [-0.25, -0.2) is 4.39 Å². The van der Waals surface area contributed by atoms with Crippen molar-refractivity contribution in [2.24, 2.45) is 23.3 Å². The normalized spacial score (nSPS) is 24.4. The van der Waals surface area contributed by atoms with Crippen LogP contribution in [0.1, 0.15) is 74.2 Å². The predicted molar refractivity (Wildman–Crippen MR) is 128 cm³/mol. The van der Waals surface area contributed by atoms with E-state index in [1.54, 1.807) is 12.2 Å². The first kappa shape index (κ1) is 21.5. The van der Waals surface area contributed by atoms with Crippen molar-refractivity contribution in [2.75, 3.05) is 0 Å². The SMILES string of the molecule is C=C(N)/C(CC(=C)C1CCCCC1)=C(/N)c1cc2c([nH]1)C(C1C=C(F)C=CC1)CC=C2. The quantitative estimate of drug-likeness (QED) is 0.358. The van der Waals surface area contributed by atoms with Gasteiger partial charge >= 0.3 is 0 Å². The molecule has 1 aromatic rings. The molecule has 0 radical (unpaired) electrons. The molecule has 3 aliphatic rings. The summed E-state index contributed by atoms with van der Waals surface area (Å²) in [5.74, 6) is 0.738. The van der Waals surface area contributed by atoms with Gasteiger partial charge in [-0.1, -0.05) is 56.2 Å². The van der Waals surface area contributed by atoms with E-state index in [1.165, 1.54) is 37.7 Å². The minimum atomic E-state index is -0.151. The van der Waals surface area contributed by atoms with Crippen LogP contribution in [0.15, 0.2) is 66.2 Å². The molecule has 0 amide bonds. The molecular formula is C27H34FN3. The summed E-state index contributed by atoms with van der Waals surface area (Å²) in [7, 11) is 0. The summed E-state index contributed by atoms with van der Waals surface area (Å²) in [6, 6.07) is 2.08. The van der Waals surface area contributed by atoms with Gasteiger partial charge in [0.2, 0.25) is 0 Å². The van der Waals surface area contributed by atoms with Crippen LogP contribution in [-0.4, -0.2) is 4.98 Å². The van der Waals surface area contributed by atoms with Gasteiger partial charge in [-0.2, -0.15) is 0 Å². The van der Waals surface area contributed by atoms with Crippen molar-refractivity contribution in [3.05, 3.63) is 83.1 Å². The summed E-state index contributed by atoms with van der Waals surface area (Å²) in [6.07, 6.45) is 18.1. The Balaban J connectivity index is 1.61. The summed E-state index contributed by atoms with van der Waals surface area (Å²) >= 11 is 0. The molecule has 4 rings (SSSR count). The Morgan fingerprint density at radius 1 is 1.06 bits per heavy atom. The maximum Gasteiger partial charge on any atom is 0.119 e. The average Bonchev–Trinajstić information content (AvgIpc) is 3.21. The van der Waals surface area contributed by atoms with E-state index in [4.69, 9.17) is 11.5 Å². The molecule has 1 heterocycles. The molecule has 4 heteroatoms. The molecule has 0 spiro atoms. The van der Waals surface area contributed by atoms with Crippen molar-refractivity contribution in [2.45, 2.75) is 57.3 Å². The van der Waals surface area contributed by atoms with Gasteiger partial charge in [0, 0.05) is 22.9 Å². The maximum absolute atomic E-state index is 13.9. The van der Waals surface area contributed by atoms with Gasteiger partial charge in [0.15, 0.2) is 0 Å². The summed E-state index contributed by atoms with van der Waals surface area (Å²) in [5, 5.41) is 0. The van der Waals surface area contributed by atoms with Gasteiger partial charge in [0.05, 0.1) is 11.4 Å². The lowest BCUT2D eigenvalue weighted by Crippen LogP contribution is -2.15. The molecule has 2 atom stereocenters. The molecule has 1 aromatic heterocycles. The molecule has 0 aromatic carbocycles. The molecule has 31 heavy (non-hydrogen) atoms. The molecule has 5 N–H and O–H groups in total. The Morgan fingerprint density at radius 3 is 2.52 bits per heavy atom. The van der Waals surface area contributed by atoms with Crippen LogP contribution in [-0.2, 0) is 0 Å². The van der Waals surface area contributed by atoms with Crippen molar-refractivity contribution in [1.82, 2.24) is 4.98 Å². The molecule has 0 aliphatic heterocycles. The first-order chi connectivity index (χ1) is 14.9. The number of aromatic nitrogens is 1. The molecule has 0 saturated heterocycles. The number of rotatable bonds is 6. The van der Waals surface area contributed by atoms with Gasteiger partial charge in [-0.3, -0.25) is 0 Å². The molecule has 3 aliphatic carbocycles. The van der Waals surface area contributed by atoms with E-state index in [0.29, 0.717) is 23.7 Å². The third kappa shape index (κ3) is 4.63. The molecule has 2 unspecified atom stereocenters. The number of hydrogen-bond acceptors (Lipinski definition) is 2. The minimum Gasteiger partial charge on any atom is -0.399 e. The largest absolute Gasteiger partial charge is 0.399 e. The number of nitrogens with two attached hydrogens (primary N) is 2. The van der Waals surface area contributed by atoms with Gasteiger partial charge in [-0.05, 0) is 67.7 Å². The average molecular weight is 420 g/mol. The van der Waals surface area contributed by atoms with Gasteiger partial charge in [0.25, 0.3) is 0 Å². The van der Waals surface area contributed by atoms with Crippen LogP contribution in [0.5, 0.6) is 0 Å². The van der Waals surface area contributed by atoms with Gasteiger partial charge in [-0.15, -0.1) is 0 Å². The Morgan fingerprint density at radius 2 is 1.81 bits per heavy atom. The highest BCUT2D eigenvalue weighted by Gasteiger charge is 2.28. The second-order valence-corrected chi connectivity index (χ2v) is 9.24. The number of hydrogen-bond donors (Lipinski definition) is 3. The number of H-pyrrole nitrogens is 1. The second-order valence-electron chi connectivity index (χ2n) is 9.24. The fourth-order valence-electron chi connectivity index (χ4n) is 5.30. The van der Waals surface area contributed by atoms with Crippen molar-refractivity contribution in [3.63, 3.8) is 0 Å². The number of aromatic amines is 1. The van der Waals surface area contributed by atoms with Crippen molar-refractivity contribution >= 4 is 11.8 Å². The van der Waals surface area contributed by atoms with Crippen LogP contribution < -0.4 is 11.5 Å². The topological polar surface area (TPSA) is 67.8 Å². The fourth-order valence-corrected chi connectivity index (χ4v) is 5.30. The first-order valence-corrected chi connectivity index (χ1v) is 11.5. The van der Waals surface area contributed by atoms with E-state index < -0.39 is 0 Å². The zero-order valence-electron chi connectivity index (χ0n) is 18.3. The Bertz CT molecular complexity index is 982. The summed E-state index contributed by atoms with van der Waals surface area (Å²) in [6.45, 7) is 8.36. The smallest absolute Gasteiger partial charge is 0.119 e. The van der Waals surface area contributed by atoms with Crippen LogP contribution in [0.2, 0.25) is 0 Å². The summed E-state index contributed by atoms with van der Waals surface area (Å²) < 4.78 is 13.9. The van der Waals surface area contributed by atoms with E-state index in [-0.39, 0.29) is 17.7 Å². The molecule has 164 valence electrons. The lowest BCUT2D eigenvalue weighted by Gasteiger charge is -2.26. The van der Waals surface area contributed by atoms with E-state index in [0.717, 1.165) is 35.4 Å². The summed E-state index contributed by atoms with van der Waals surface area (Å²) in [4.78, 5) is 3.55. The van der Waals surface area contributed by atoms with E-state index >= 15 is 0 Å². The van der Waals surface area contributed by atoms with E-state index in [2.05, 4.69) is 36.4 Å². The highest BCUT2D eigenvalue weighted by Crippen LogP contribution is 2.41. The van der Waals surface area contributed by atoms with Crippen molar-refractivity contribution < 1.29 is 4.39 Å². The number of fused-ring (bicyclic) bond motifs is 1. The highest BCUT2D eigenvalue weighted by molar-refractivity contribution is 5.72. The zero-order chi connectivity index (χ0) is 22.0. The lowest BCUT2D eigenvalue weighted by atomic mass is 9.79. The minimum absolute atomic E-state index is 0.139. The van der Waals surface area contributed by atoms with Crippen LogP contribution in [0, 0.1) is 11.8 Å². The van der Waals surface area contributed by atoms with E-state index in [9.17, 15) is 4.39 Å². The monoisotopic (exact) mass is 419 g/mol. The third-order valence-electron chi connectivity index (χ3n) is 7.10. The van der Waals surface area contributed by atoms with Crippen LogP contribution >= 0.6 is 0 Å². The Labute approximate surface area is 185 Å². The predicted octanol–water partition coefficient (Wildman–Crippen LogP) is 6.61. The number of allylic oxidation sites excluding steroid dienone is 7. The van der Waals surface area contributed by atoms with E-state index in [1.807, 2.05) is 6.08 Å². The second kappa shape index (κ2) is 9.17. The standard InChI is InChI=1S/C27H34FN3/c1-17(19-8-4-3-5-9-19)14-24(18(2)29)26(30)25-16-21-11-7-13-23(27(21)31-25)20-10-6-12-22(28)15-20/h6-7,11-12,15-16,19-20,23,31H,1-5,8-10,13-14,29-30H2/b26-24+. The highest BCUT2D eigenvalue weighted by atomic mass is 19.1. The number of halogens is 1. The molecule has 0 bridgehead atoms. The van der Waals surface area contributed by atoms with Crippen LogP contribution in [0.4, 0.5) is 4.39 Å². The Kier molecular flexibility index (Phi) is 6.35. The lowest BCUT2D eigenvalue weighted by molar-refractivity contribution is 0.399. The van der Waals surface area contributed by atoms with Crippen LogP contribution in [0.25, 0.3) is 11.8 Å². The molecule has 1 saturated carbocycles. The molecular weight excluding hydrogens is 385 g/mol. The summed E-state index contributed by atoms with van der Waals surface area (Å²) in [5.41, 5.74) is 19.1. The third-order valence-corrected chi connectivity index (χ3v) is 7.10. The van der Waals surface area contributed by atoms with Crippen molar-refractivity contribution in [1.29, 1.82) is 0 Å². The Hall–Kier alpha value is -2.75. The van der Waals surface area contributed by atoms with Crippen LogP contribution in [0.3, 0.4) is 0 Å². The van der Waals surface area contributed by atoms with Gasteiger partial charge < -0.3 is 16.5 Å². The van der Waals surface area contributed by atoms with Crippen molar-refractivity contribution in [3.8, 4) is 0 Å². The number of nitrogens with one attached hydrogen (secondary N) is 1. The molecule has 1 fully saturated rings. The zero-order valence-corrected chi connectivity index (χ0v) is 18.3. The maximum atomic E-state index is 13.9. The fraction of sp³-hybridized carbons (Fsp3) is 0.407. The van der Waals surface area contributed by atoms with Gasteiger partial charge in [0.1, 0.15) is 5.83 Å².